The van der Waals surface area contributed by atoms with Crippen LogP contribution in [0.15, 0.2) is 0 Å². The summed E-state index contributed by atoms with van der Waals surface area (Å²) in [4.78, 5) is 0. The van der Waals surface area contributed by atoms with Gasteiger partial charge in [0.15, 0.2) is 0 Å². The van der Waals surface area contributed by atoms with Gasteiger partial charge in [-0.15, -0.1) is 0 Å². The fourth-order valence-corrected chi connectivity index (χ4v) is 1.53. The second kappa shape index (κ2) is 8.97. The van der Waals surface area contributed by atoms with E-state index in [0.717, 1.165) is 0 Å². The summed E-state index contributed by atoms with van der Waals surface area (Å²) in [5, 5.41) is 8.54. The summed E-state index contributed by atoms with van der Waals surface area (Å²) in [6, 6.07) is 0. The van der Waals surface area contributed by atoms with Crippen molar-refractivity contribution in [2.45, 2.75) is 52.6 Å². The van der Waals surface area contributed by atoms with Crippen LogP contribution >= 0.6 is 0 Å². The lowest BCUT2D eigenvalue weighted by molar-refractivity contribution is -0.0791. The van der Waals surface area contributed by atoms with E-state index >= 15 is 0 Å². The van der Waals surface area contributed by atoms with Crippen molar-refractivity contribution in [2.75, 3.05) is 26.4 Å². The van der Waals surface area contributed by atoms with E-state index in [9.17, 15) is 0 Å². The van der Waals surface area contributed by atoms with Crippen LogP contribution in [0.3, 0.4) is 0 Å². The van der Waals surface area contributed by atoms with E-state index in [0.29, 0.717) is 25.7 Å². The van der Waals surface area contributed by atoms with Gasteiger partial charge < -0.3 is 14.6 Å². The predicted molar refractivity (Wildman–Crippen MR) is 66.6 cm³/mol. The highest BCUT2D eigenvalue weighted by Gasteiger charge is 2.25. The molecule has 1 unspecified atom stereocenters. The Morgan fingerprint density at radius 2 is 1.88 bits per heavy atom. The first-order chi connectivity index (χ1) is 7.54. The Hall–Kier alpha value is -0.120. The highest BCUT2D eigenvalue weighted by molar-refractivity contribution is 4.76. The maximum atomic E-state index is 8.54. The third-order valence-electron chi connectivity index (χ3n) is 3.11. The Morgan fingerprint density at radius 1 is 1.19 bits per heavy atom. The monoisotopic (exact) mass is 232 g/mol. The first kappa shape index (κ1) is 15.9. The van der Waals surface area contributed by atoms with Crippen LogP contribution in [-0.2, 0) is 9.47 Å². The first-order valence-corrected chi connectivity index (χ1v) is 6.37. The third kappa shape index (κ3) is 7.20. The first-order valence-electron chi connectivity index (χ1n) is 6.37. The second-order valence-corrected chi connectivity index (χ2v) is 4.83. The predicted octanol–water partition coefficient (Wildman–Crippen LogP) is 2.62. The van der Waals surface area contributed by atoms with Crippen molar-refractivity contribution >= 4 is 0 Å². The number of unbranched alkanes of at least 4 members (excludes halogenated alkanes) is 1. The summed E-state index contributed by atoms with van der Waals surface area (Å²) in [5.74, 6) is 0.560. The Morgan fingerprint density at radius 3 is 2.44 bits per heavy atom. The SMILES string of the molecule is CCCCC(C)C(C)(C)OCCOCCO. The number of hydrogen-bond acceptors (Lipinski definition) is 3. The van der Waals surface area contributed by atoms with Crippen LogP contribution in [0.2, 0.25) is 0 Å². The summed E-state index contributed by atoms with van der Waals surface area (Å²) < 4.78 is 11.0. The summed E-state index contributed by atoms with van der Waals surface area (Å²) in [5.41, 5.74) is -0.0856. The lowest BCUT2D eigenvalue weighted by Crippen LogP contribution is -2.34. The van der Waals surface area contributed by atoms with Gasteiger partial charge in [0.1, 0.15) is 0 Å². The molecule has 0 heterocycles. The van der Waals surface area contributed by atoms with E-state index < -0.39 is 0 Å². The molecule has 0 saturated heterocycles. The Labute approximate surface area is 100 Å². The van der Waals surface area contributed by atoms with Gasteiger partial charge in [0.05, 0.1) is 32.0 Å². The average molecular weight is 232 g/mol. The van der Waals surface area contributed by atoms with Gasteiger partial charge in [-0.3, -0.25) is 0 Å². The van der Waals surface area contributed by atoms with Crippen molar-refractivity contribution in [3.8, 4) is 0 Å². The van der Waals surface area contributed by atoms with Crippen molar-refractivity contribution in [3.05, 3.63) is 0 Å². The number of rotatable bonds is 10. The summed E-state index contributed by atoms with van der Waals surface area (Å²) in [6.07, 6.45) is 3.70. The van der Waals surface area contributed by atoms with Gasteiger partial charge in [-0.25, -0.2) is 0 Å². The van der Waals surface area contributed by atoms with Crippen molar-refractivity contribution in [1.29, 1.82) is 0 Å². The van der Waals surface area contributed by atoms with Gasteiger partial charge in [-0.2, -0.15) is 0 Å². The molecule has 0 radical (unpaired) electrons. The smallest absolute Gasteiger partial charge is 0.0707 e. The molecular formula is C13H28O3. The topological polar surface area (TPSA) is 38.7 Å². The molecule has 0 bridgehead atoms. The largest absolute Gasteiger partial charge is 0.394 e. The standard InChI is InChI=1S/C13H28O3/c1-5-6-7-12(2)13(3,4)16-11-10-15-9-8-14/h12,14H,5-11H2,1-4H3. The zero-order chi connectivity index (χ0) is 12.4. The van der Waals surface area contributed by atoms with Crippen LogP contribution in [0.4, 0.5) is 0 Å². The highest BCUT2D eigenvalue weighted by Crippen LogP contribution is 2.25. The van der Waals surface area contributed by atoms with Crippen LogP contribution in [0.25, 0.3) is 0 Å². The second-order valence-electron chi connectivity index (χ2n) is 4.83. The minimum Gasteiger partial charge on any atom is -0.394 e. The molecule has 0 amide bonds. The van der Waals surface area contributed by atoms with Crippen molar-refractivity contribution in [3.63, 3.8) is 0 Å². The molecule has 0 aromatic rings. The summed E-state index contributed by atoms with van der Waals surface area (Å²) in [6.45, 7) is 10.4. The van der Waals surface area contributed by atoms with Crippen molar-refractivity contribution < 1.29 is 14.6 Å². The molecule has 0 aliphatic heterocycles. The lowest BCUT2D eigenvalue weighted by Gasteiger charge is -2.32. The Bertz CT molecular complexity index is 157. The van der Waals surface area contributed by atoms with Crippen LogP contribution in [-0.4, -0.2) is 37.1 Å². The molecule has 0 saturated carbocycles. The lowest BCUT2D eigenvalue weighted by atomic mass is 9.88. The van der Waals surface area contributed by atoms with Crippen LogP contribution in [0, 0.1) is 5.92 Å². The molecule has 0 aromatic heterocycles. The van der Waals surface area contributed by atoms with E-state index in [-0.39, 0.29) is 12.2 Å². The van der Waals surface area contributed by atoms with E-state index in [1.165, 1.54) is 19.3 Å². The fourth-order valence-electron chi connectivity index (χ4n) is 1.53. The zero-order valence-corrected chi connectivity index (χ0v) is 11.3. The maximum absolute atomic E-state index is 8.54. The molecule has 0 fully saturated rings. The van der Waals surface area contributed by atoms with Gasteiger partial charge in [-0.1, -0.05) is 26.7 Å². The van der Waals surface area contributed by atoms with E-state index in [1.807, 2.05) is 0 Å². The van der Waals surface area contributed by atoms with Crippen molar-refractivity contribution in [1.82, 2.24) is 0 Å². The average Bonchev–Trinajstić information content (AvgIpc) is 2.25. The molecule has 3 nitrogen and oxygen atoms in total. The minimum atomic E-state index is -0.0856. The summed E-state index contributed by atoms with van der Waals surface area (Å²) >= 11 is 0. The van der Waals surface area contributed by atoms with Gasteiger partial charge in [0, 0.05) is 0 Å². The molecule has 0 spiro atoms. The molecule has 0 aliphatic rings. The van der Waals surface area contributed by atoms with Gasteiger partial charge >= 0.3 is 0 Å². The molecule has 0 aliphatic carbocycles. The molecule has 16 heavy (non-hydrogen) atoms. The Balaban J connectivity index is 3.67. The van der Waals surface area contributed by atoms with E-state index in [1.54, 1.807) is 0 Å². The number of aliphatic hydroxyl groups is 1. The van der Waals surface area contributed by atoms with E-state index in [4.69, 9.17) is 14.6 Å². The molecule has 0 aromatic carbocycles. The molecule has 1 atom stereocenters. The van der Waals surface area contributed by atoms with Crippen molar-refractivity contribution in [2.24, 2.45) is 5.92 Å². The quantitative estimate of drug-likeness (QED) is 0.588. The normalized spacial score (nSPS) is 14.1. The van der Waals surface area contributed by atoms with Gasteiger partial charge in [-0.05, 0) is 26.2 Å². The molecular weight excluding hydrogens is 204 g/mol. The minimum absolute atomic E-state index is 0.0797. The van der Waals surface area contributed by atoms with E-state index in [2.05, 4.69) is 27.7 Å². The number of ether oxygens (including phenoxy) is 2. The molecule has 3 heteroatoms. The highest BCUT2D eigenvalue weighted by atomic mass is 16.5. The summed E-state index contributed by atoms with van der Waals surface area (Å²) in [7, 11) is 0. The molecule has 98 valence electrons. The maximum Gasteiger partial charge on any atom is 0.0707 e. The molecule has 1 N–H and O–H groups in total. The molecule has 0 rings (SSSR count). The third-order valence-corrected chi connectivity index (χ3v) is 3.11. The fraction of sp³-hybridized carbons (Fsp3) is 1.00. The van der Waals surface area contributed by atoms with Crippen LogP contribution in [0.1, 0.15) is 47.0 Å². The van der Waals surface area contributed by atoms with Gasteiger partial charge in [0.2, 0.25) is 0 Å². The van der Waals surface area contributed by atoms with Crippen LogP contribution < -0.4 is 0 Å². The van der Waals surface area contributed by atoms with Crippen LogP contribution in [0.5, 0.6) is 0 Å². The number of aliphatic hydroxyl groups excluding tert-OH is 1. The zero-order valence-electron chi connectivity index (χ0n) is 11.3. The Kier molecular flexibility index (Phi) is 8.90. The number of hydrogen-bond donors (Lipinski definition) is 1. The van der Waals surface area contributed by atoms with Gasteiger partial charge in [0.25, 0.3) is 0 Å².